The number of carbonyl (C=O) groups excluding carboxylic acids is 1. The number of hydrogen-bond acceptors (Lipinski definition) is 6. The second-order valence-corrected chi connectivity index (χ2v) is 8.12. The monoisotopic (exact) mass is 420 g/mol. The summed E-state index contributed by atoms with van der Waals surface area (Å²) in [5, 5.41) is 22.7. The van der Waals surface area contributed by atoms with Crippen molar-refractivity contribution >= 4 is 28.3 Å². The second kappa shape index (κ2) is 7.66. The van der Waals surface area contributed by atoms with Gasteiger partial charge >= 0.3 is 0 Å². The van der Waals surface area contributed by atoms with E-state index in [4.69, 9.17) is 9.84 Å². The summed E-state index contributed by atoms with van der Waals surface area (Å²) in [5.74, 6) is 0.854. The van der Waals surface area contributed by atoms with E-state index in [-0.39, 0.29) is 24.0 Å². The van der Waals surface area contributed by atoms with Gasteiger partial charge in [0, 0.05) is 23.8 Å². The summed E-state index contributed by atoms with van der Waals surface area (Å²) in [6, 6.07) is 7.42. The smallest absolute Gasteiger partial charge is 0.260 e. The summed E-state index contributed by atoms with van der Waals surface area (Å²) in [6.07, 6.45) is 7.46. The number of benzene rings is 1. The van der Waals surface area contributed by atoms with Crippen LogP contribution in [0.2, 0.25) is 0 Å². The summed E-state index contributed by atoms with van der Waals surface area (Å²) in [7, 11) is 1.54. The summed E-state index contributed by atoms with van der Waals surface area (Å²) in [4.78, 5) is 17.3. The average molecular weight is 420 g/mol. The molecule has 3 atom stereocenters. The number of carbonyl (C=O) groups is 1. The Morgan fingerprint density at radius 1 is 1.32 bits per heavy atom. The average Bonchev–Trinajstić information content (AvgIpc) is 3.38. The molecule has 9 nitrogen and oxygen atoms in total. The van der Waals surface area contributed by atoms with Crippen LogP contribution >= 0.6 is 0 Å². The van der Waals surface area contributed by atoms with Crippen molar-refractivity contribution in [1.82, 2.24) is 24.4 Å². The van der Waals surface area contributed by atoms with Crippen LogP contribution in [0.4, 0.5) is 5.82 Å². The fraction of sp³-hybridized carbons (Fsp3) is 0.364. The van der Waals surface area contributed by atoms with Crippen molar-refractivity contribution in [2.75, 3.05) is 12.4 Å². The standard InChI is InChI=1S/C22H24N6O3/c1-13-8-15(5-6-18(13)29)27-12-14-9-16(19(31-2)10-17(14)26-27)22(30)25-21-11-23-20-4-3-7-24-28(20)21/h3-4,7,9-13,15,18,29H,5-6,8H2,1-2H3,(H,25,30)/t13-,15+,18+/m1/s1. The van der Waals surface area contributed by atoms with Crippen molar-refractivity contribution in [3.8, 4) is 5.75 Å². The Kier molecular flexibility index (Phi) is 4.82. The van der Waals surface area contributed by atoms with Crippen molar-refractivity contribution in [1.29, 1.82) is 0 Å². The van der Waals surface area contributed by atoms with Crippen molar-refractivity contribution in [2.45, 2.75) is 38.3 Å². The first kappa shape index (κ1) is 19.5. The first-order chi connectivity index (χ1) is 15.0. The molecular formula is C22H24N6O3. The lowest BCUT2D eigenvalue weighted by atomic mass is 9.85. The number of fused-ring (bicyclic) bond motifs is 2. The van der Waals surface area contributed by atoms with Crippen molar-refractivity contribution < 1.29 is 14.6 Å². The largest absolute Gasteiger partial charge is 0.496 e. The molecule has 4 aromatic rings. The quantitative estimate of drug-likeness (QED) is 0.526. The highest BCUT2D eigenvalue weighted by molar-refractivity contribution is 6.08. The molecule has 3 heterocycles. The van der Waals surface area contributed by atoms with E-state index in [0.717, 1.165) is 30.2 Å². The van der Waals surface area contributed by atoms with Crippen LogP contribution in [-0.4, -0.2) is 48.6 Å². The predicted molar refractivity (Wildman–Crippen MR) is 115 cm³/mol. The van der Waals surface area contributed by atoms with Gasteiger partial charge in [0.15, 0.2) is 11.5 Å². The number of aliphatic hydroxyl groups excluding tert-OH is 1. The molecule has 2 N–H and O–H groups in total. The fourth-order valence-corrected chi connectivity index (χ4v) is 4.30. The van der Waals surface area contributed by atoms with Crippen LogP contribution in [0.5, 0.6) is 5.75 Å². The van der Waals surface area contributed by atoms with Crippen LogP contribution in [-0.2, 0) is 0 Å². The Morgan fingerprint density at radius 2 is 2.19 bits per heavy atom. The summed E-state index contributed by atoms with van der Waals surface area (Å²) >= 11 is 0. The topological polar surface area (TPSA) is 107 Å². The molecule has 0 spiro atoms. The summed E-state index contributed by atoms with van der Waals surface area (Å²) in [6.45, 7) is 2.07. The third-order valence-electron chi connectivity index (χ3n) is 6.08. The van der Waals surface area contributed by atoms with Gasteiger partial charge < -0.3 is 15.2 Å². The van der Waals surface area contributed by atoms with Crippen LogP contribution in [0.25, 0.3) is 16.6 Å². The molecule has 160 valence electrons. The lowest BCUT2D eigenvalue weighted by Gasteiger charge is -2.31. The third kappa shape index (κ3) is 3.50. The molecule has 9 heteroatoms. The van der Waals surface area contributed by atoms with Crippen LogP contribution in [0, 0.1) is 5.92 Å². The second-order valence-electron chi connectivity index (χ2n) is 8.12. The molecule has 1 aliphatic rings. The number of amides is 1. The van der Waals surface area contributed by atoms with E-state index in [1.54, 1.807) is 35.1 Å². The zero-order valence-electron chi connectivity index (χ0n) is 17.4. The van der Waals surface area contributed by atoms with Gasteiger partial charge in [-0.05, 0) is 43.4 Å². The van der Waals surface area contributed by atoms with E-state index in [1.807, 2.05) is 16.9 Å². The maximum Gasteiger partial charge on any atom is 0.260 e. The molecule has 1 fully saturated rings. The number of imidazole rings is 1. The number of methoxy groups -OCH3 is 1. The molecule has 5 rings (SSSR count). The van der Waals surface area contributed by atoms with Crippen molar-refractivity contribution in [2.24, 2.45) is 5.92 Å². The molecule has 1 amide bonds. The zero-order chi connectivity index (χ0) is 21.5. The van der Waals surface area contributed by atoms with E-state index in [9.17, 15) is 9.90 Å². The first-order valence-electron chi connectivity index (χ1n) is 10.4. The Hall–Kier alpha value is -3.46. The summed E-state index contributed by atoms with van der Waals surface area (Å²) < 4.78 is 9.02. The maximum absolute atomic E-state index is 13.1. The van der Waals surface area contributed by atoms with Gasteiger partial charge in [-0.3, -0.25) is 9.48 Å². The Labute approximate surface area is 178 Å². The fourth-order valence-electron chi connectivity index (χ4n) is 4.30. The molecule has 0 saturated heterocycles. The van der Waals surface area contributed by atoms with Gasteiger partial charge in [0.1, 0.15) is 5.75 Å². The van der Waals surface area contributed by atoms with E-state index < -0.39 is 0 Å². The Morgan fingerprint density at radius 3 is 3.00 bits per heavy atom. The Bertz CT molecular complexity index is 1260. The minimum Gasteiger partial charge on any atom is -0.496 e. The molecule has 1 saturated carbocycles. The molecular weight excluding hydrogens is 396 g/mol. The maximum atomic E-state index is 13.1. The lowest BCUT2D eigenvalue weighted by molar-refractivity contribution is 0.0574. The normalized spacial score (nSPS) is 21.5. The van der Waals surface area contributed by atoms with Gasteiger partial charge in [-0.25, -0.2) is 4.98 Å². The van der Waals surface area contributed by atoms with Crippen LogP contribution in [0.15, 0.2) is 42.9 Å². The van der Waals surface area contributed by atoms with Crippen LogP contribution < -0.4 is 10.1 Å². The van der Waals surface area contributed by atoms with Crippen molar-refractivity contribution in [3.63, 3.8) is 0 Å². The van der Waals surface area contributed by atoms with E-state index in [0.29, 0.717) is 22.8 Å². The number of aliphatic hydroxyl groups is 1. The Balaban J connectivity index is 1.46. The van der Waals surface area contributed by atoms with Gasteiger partial charge in [-0.15, -0.1) is 0 Å². The highest BCUT2D eigenvalue weighted by Crippen LogP contribution is 2.34. The minimum absolute atomic E-state index is 0.235. The van der Waals surface area contributed by atoms with Gasteiger partial charge in [0.05, 0.1) is 36.5 Å². The number of hydrogen-bond donors (Lipinski definition) is 2. The van der Waals surface area contributed by atoms with E-state index in [2.05, 4.69) is 22.3 Å². The molecule has 1 aromatic carbocycles. The van der Waals surface area contributed by atoms with Crippen LogP contribution in [0.1, 0.15) is 42.6 Å². The van der Waals surface area contributed by atoms with Gasteiger partial charge in [-0.1, -0.05) is 6.92 Å². The van der Waals surface area contributed by atoms with Gasteiger partial charge in [-0.2, -0.15) is 14.7 Å². The lowest BCUT2D eigenvalue weighted by Crippen LogP contribution is -2.28. The minimum atomic E-state index is -0.312. The van der Waals surface area contributed by atoms with E-state index >= 15 is 0 Å². The zero-order valence-corrected chi connectivity index (χ0v) is 17.4. The highest BCUT2D eigenvalue weighted by Gasteiger charge is 2.28. The van der Waals surface area contributed by atoms with Crippen molar-refractivity contribution in [3.05, 3.63) is 48.4 Å². The summed E-state index contributed by atoms with van der Waals surface area (Å²) in [5.41, 5.74) is 1.82. The van der Waals surface area contributed by atoms with Gasteiger partial charge in [0.25, 0.3) is 5.91 Å². The predicted octanol–water partition coefficient (Wildman–Crippen LogP) is 3.06. The van der Waals surface area contributed by atoms with E-state index in [1.165, 1.54) is 7.11 Å². The molecule has 0 radical (unpaired) electrons. The first-order valence-corrected chi connectivity index (χ1v) is 10.4. The molecule has 31 heavy (non-hydrogen) atoms. The third-order valence-corrected chi connectivity index (χ3v) is 6.08. The SMILES string of the molecule is COc1cc2nn([C@H]3CC[C@H](O)[C@H](C)C3)cc2cc1C(=O)Nc1cnc2cccnn12. The molecule has 0 aliphatic heterocycles. The molecule has 0 bridgehead atoms. The number of nitrogens with zero attached hydrogens (tertiary/aromatic N) is 5. The number of aromatic nitrogens is 5. The van der Waals surface area contributed by atoms with Gasteiger partial charge in [0.2, 0.25) is 0 Å². The molecule has 1 aliphatic carbocycles. The van der Waals surface area contributed by atoms with Crippen LogP contribution in [0.3, 0.4) is 0 Å². The highest BCUT2D eigenvalue weighted by atomic mass is 16.5. The number of anilines is 1. The number of nitrogens with one attached hydrogen (secondary N) is 1. The molecule has 0 unspecified atom stereocenters. The molecule has 3 aromatic heterocycles. The number of ether oxygens (including phenoxy) is 1. The number of rotatable bonds is 4.